The lowest BCUT2D eigenvalue weighted by Crippen LogP contribution is -2.07. The summed E-state index contributed by atoms with van der Waals surface area (Å²) >= 11 is 6.10. The summed E-state index contributed by atoms with van der Waals surface area (Å²) in [5.41, 5.74) is 1.29. The Labute approximate surface area is 114 Å². The van der Waals surface area contributed by atoms with Gasteiger partial charge in [0.15, 0.2) is 5.82 Å². The monoisotopic (exact) mass is 282 g/mol. The first-order chi connectivity index (χ1) is 9.10. The van der Waals surface area contributed by atoms with Gasteiger partial charge >= 0.3 is 5.97 Å². The van der Waals surface area contributed by atoms with Gasteiger partial charge in [-0.2, -0.15) is 5.10 Å². The largest absolute Gasteiger partial charge is 0.466 e. The van der Waals surface area contributed by atoms with E-state index in [1.807, 2.05) is 0 Å². The molecule has 1 aromatic heterocycles. The minimum absolute atomic E-state index is 0.154. The van der Waals surface area contributed by atoms with E-state index in [1.54, 1.807) is 25.1 Å². The molecule has 0 spiro atoms. The Hall–Kier alpha value is -1.88. The minimum atomic E-state index is -0.438. The number of aromatic nitrogens is 2. The molecule has 0 aliphatic carbocycles. The Bertz CT molecular complexity index is 598. The van der Waals surface area contributed by atoms with Crippen molar-refractivity contribution in [3.63, 3.8) is 0 Å². The van der Waals surface area contributed by atoms with Crippen LogP contribution >= 0.6 is 11.6 Å². The highest BCUT2D eigenvalue weighted by Crippen LogP contribution is 2.22. The molecule has 0 aliphatic rings. The third kappa shape index (κ3) is 3.32. The van der Waals surface area contributed by atoms with Crippen LogP contribution in [0.4, 0.5) is 4.39 Å². The van der Waals surface area contributed by atoms with E-state index in [0.29, 0.717) is 17.3 Å². The zero-order valence-electron chi connectivity index (χ0n) is 10.3. The fourth-order valence-corrected chi connectivity index (χ4v) is 1.95. The van der Waals surface area contributed by atoms with Crippen molar-refractivity contribution in [3.05, 3.63) is 47.0 Å². The van der Waals surface area contributed by atoms with Crippen molar-refractivity contribution in [2.24, 2.45) is 0 Å². The van der Waals surface area contributed by atoms with E-state index in [9.17, 15) is 9.18 Å². The zero-order chi connectivity index (χ0) is 13.8. The average molecular weight is 283 g/mol. The zero-order valence-corrected chi connectivity index (χ0v) is 11.0. The number of hydrogen-bond acceptors (Lipinski definition) is 3. The molecule has 4 nitrogen and oxygen atoms in total. The summed E-state index contributed by atoms with van der Waals surface area (Å²) in [6.07, 6.45) is 2.48. The maximum absolute atomic E-state index is 12.9. The normalized spacial score (nSPS) is 10.5. The second-order valence-electron chi connectivity index (χ2n) is 3.87. The first kappa shape index (κ1) is 13.5. The van der Waals surface area contributed by atoms with Crippen molar-refractivity contribution < 1.29 is 13.9 Å². The van der Waals surface area contributed by atoms with Gasteiger partial charge in [0.2, 0.25) is 0 Å². The van der Waals surface area contributed by atoms with Crippen LogP contribution in [0.3, 0.4) is 0 Å². The summed E-state index contributed by atoms with van der Waals surface area (Å²) < 4.78 is 19.1. The van der Waals surface area contributed by atoms with Crippen LogP contribution in [0.5, 0.6) is 0 Å². The molecule has 6 heteroatoms. The number of nitrogens with zero attached hydrogens (tertiary/aromatic N) is 2. The number of carbonyl (C=O) groups excluding carboxylic acids is 1. The summed E-state index contributed by atoms with van der Waals surface area (Å²) in [6, 6.07) is 5.06. The van der Waals surface area contributed by atoms with Crippen molar-refractivity contribution in [3.8, 4) is 5.69 Å². The molecule has 2 aromatic rings. The number of esters is 1. The Kier molecular flexibility index (Phi) is 4.16. The molecule has 2 rings (SSSR count). The Morgan fingerprint density at radius 2 is 2.32 bits per heavy atom. The van der Waals surface area contributed by atoms with Gasteiger partial charge in [-0.1, -0.05) is 17.7 Å². The SMILES string of the molecule is CCOC(=O)Cc1ccc(-n2cc(F)cn2)c(Cl)c1. The number of hydrogen-bond donors (Lipinski definition) is 0. The fraction of sp³-hybridized carbons (Fsp3) is 0.231. The van der Waals surface area contributed by atoms with E-state index in [-0.39, 0.29) is 12.4 Å². The molecular weight excluding hydrogens is 271 g/mol. The smallest absolute Gasteiger partial charge is 0.310 e. The maximum Gasteiger partial charge on any atom is 0.310 e. The van der Waals surface area contributed by atoms with Gasteiger partial charge in [0.25, 0.3) is 0 Å². The van der Waals surface area contributed by atoms with Gasteiger partial charge in [-0.05, 0) is 24.6 Å². The average Bonchev–Trinajstić information content (AvgIpc) is 2.76. The van der Waals surface area contributed by atoms with E-state index < -0.39 is 5.82 Å². The van der Waals surface area contributed by atoms with Crippen LogP contribution in [0.2, 0.25) is 5.02 Å². The van der Waals surface area contributed by atoms with Crippen LogP contribution in [0.15, 0.2) is 30.6 Å². The number of benzene rings is 1. The van der Waals surface area contributed by atoms with Gasteiger partial charge in [-0.15, -0.1) is 0 Å². The molecule has 0 bridgehead atoms. The highest BCUT2D eigenvalue weighted by Gasteiger charge is 2.09. The van der Waals surface area contributed by atoms with Crippen molar-refractivity contribution in [1.82, 2.24) is 9.78 Å². The van der Waals surface area contributed by atoms with E-state index in [0.717, 1.165) is 11.8 Å². The molecule has 0 atom stereocenters. The predicted molar refractivity (Wildman–Crippen MR) is 68.9 cm³/mol. The van der Waals surface area contributed by atoms with Crippen LogP contribution < -0.4 is 0 Å². The third-order valence-electron chi connectivity index (χ3n) is 2.46. The standard InChI is InChI=1S/C13H12ClFN2O2/c1-2-19-13(18)6-9-3-4-12(11(14)5-9)17-8-10(15)7-16-17/h3-5,7-8H,2,6H2,1H3. The fourth-order valence-electron chi connectivity index (χ4n) is 1.66. The summed E-state index contributed by atoms with van der Waals surface area (Å²) in [6.45, 7) is 2.09. The van der Waals surface area contributed by atoms with Gasteiger partial charge in [0.1, 0.15) is 0 Å². The van der Waals surface area contributed by atoms with Gasteiger partial charge in [0, 0.05) is 0 Å². The lowest BCUT2D eigenvalue weighted by Gasteiger charge is -2.07. The predicted octanol–water partition coefficient (Wildman–Crippen LogP) is 2.77. The first-order valence-electron chi connectivity index (χ1n) is 5.74. The number of carbonyl (C=O) groups is 1. The first-order valence-corrected chi connectivity index (χ1v) is 6.12. The van der Waals surface area contributed by atoms with Crippen molar-refractivity contribution >= 4 is 17.6 Å². The maximum atomic E-state index is 12.9. The van der Waals surface area contributed by atoms with Gasteiger partial charge in [-0.25, -0.2) is 9.07 Å². The van der Waals surface area contributed by atoms with Crippen molar-refractivity contribution in [2.75, 3.05) is 6.61 Å². The van der Waals surface area contributed by atoms with Crippen molar-refractivity contribution in [1.29, 1.82) is 0 Å². The van der Waals surface area contributed by atoms with Gasteiger partial charge < -0.3 is 4.74 Å². The molecule has 19 heavy (non-hydrogen) atoms. The molecule has 0 saturated carbocycles. The van der Waals surface area contributed by atoms with Crippen LogP contribution in [-0.4, -0.2) is 22.4 Å². The number of rotatable bonds is 4. The molecule has 0 amide bonds. The van der Waals surface area contributed by atoms with E-state index in [1.165, 1.54) is 10.9 Å². The second-order valence-corrected chi connectivity index (χ2v) is 4.28. The van der Waals surface area contributed by atoms with Crippen LogP contribution in [-0.2, 0) is 16.0 Å². The lowest BCUT2D eigenvalue weighted by molar-refractivity contribution is -0.142. The topological polar surface area (TPSA) is 44.1 Å². The molecule has 100 valence electrons. The molecule has 0 fully saturated rings. The third-order valence-corrected chi connectivity index (χ3v) is 2.77. The molecule has 1 aromatic carbocycles. The molecule has 0 radical (unpaired) electrons. The van der Waals surface area contributed by atoms with Gasteiger partial charge in [0.05, 0.1) is 36.1 Å². The Morgan fingerprint density at radius 1 is 1.53 bits per heavy atom. The van der Waals surface area contributed by atoms with Crippen LogP contribution in [0, 0.1) is 5.82 Å². The minimum Gasteiger partial charge on any atom is -0.466 e. The molecule has 0 N–H and O–H groups in total. The summed E-state index contributed by atoms with van der Waals surface area (Å²) in [4.78, 5) is 11.3. The molecule has 0 unspecified atom stereocenters. The summed E-state index contributed by atoms with van der Waals surface area (Å²) in [5.74, 6) is -0.747. The second kappa shape index (κ2) is 5.84. The number of ether oxygens (including phenoxy) is 1. The van der Waals surface area contributed by atoms with Crippen molar-refractivity contribution in [2.45, 2.75) is 13.3 Å². The van der Waals surface area contributed by atoms with Gasteiger partial charge in [-0.3, -0.25) is 4.79 Å². The number of halogens is 2. The Balaban J connectivity index is 2.20. The molecule has 0 aliphatic heterocycles. The quantitative estimate of drug-likeness (QED) is 0.810. The molecule has 0 saturated heterocycles. The van der Waals surface area contributed by atoms with Crippen LogP contribution in [0.25, 0.3) is 5.69 Å². The molecular formula is C13H12ClFN2O2. The summed E-state index contributed by atoms with van der Waals surface area (Å²) in [7, 11) is 0. The van der Waals surface area contributed by atoms with E-state index in [4.69, 9.17) is 16.3 Å². The van der Waals surface area contributed by atoms with E-state index >= 15 is 0 Å². The summed E-state index contributed by atoms with van der Waals surface area (Å²) in [5, 5.41) is 4.23. The lowest BCUT2D eigenvalue weighted by atomic mass is 10.1. The Morgan fingerprint density at radius 3 is 2.89 bits per heavy atom. The highest BCUT2D eigenvalue weighted by molar-refractivity contribution is 6.32. The molecule has 1 heterocycles. The van der Waals surface area contributed by atoms with E-state index in [2.05, 4.69) is 5.10 Å². The van der Waals surface area contributed by atoms with Crippen LogP contribution in [0.1, 0.15) is 12.5 Å². The highest BCUT2D eigenvalue weighted by atomic mass is 35.5.